The summed E-state index contributed by atoms with van der Waals surface area (Å²) < 4.78 is 22.5. The largest absolute Gasteiger partial charge is 0.545 e. The Bertz CT molecular complexity index is 1320. The number of likely N-dealkylation sites (N-methyl/N-ethyl adjacent to an activating group) is 1. The van der Waals surface area contributed by atoms with E-state index in [4.69, 9.17) is 18.9 Å². The molecule has 0 spiro atoms. The van der Waals surface area contributed by atoms with E-state index in [1.807, 2.05) is 21.1 Å². The van der Waals surface area contributed by atoms with Crippen molar-refractivity contribution in [1.29, 1.82) is 0 Å². The third-order valence-corrected chi connectivity index (χ3v) is 9.33. The highest BCUT2D eigenvalue weighted by Gasteiger charge is 2.21. The van der Waals surface area contributed by atoms with Gasteiger partial charge in [0.05, 0.1) is 40.3 Å². The second kappa shape index (κ2) is 42.9. The van der Waals surface area contributed by atoms with Crippen LogP contribution in [0.15, 0.2) is 97.2 Å². The van der Waals surface area contributed by atoms with Gasteiger partial charge in [0.2, 0.25) is 0 Å². The van der Waals surface area contributed by atoms with Gasteiger partial charge in [-0.15, -0.1) is 0 Å². The predicted octanol–water partition coefficient (Wildman–Crippen LogP) is 11.3. The Morgan fingerprint density at radius 1 is 0.492 bits per heavy atom. The number of carboxylic acid groups (broad SMARTS) is 1. The molecule has 2 atom stereocenters. The van der Waals surface area contributed by atoms with Gasteiger partial charge in [-0.05, 0) is 89.9 Å². The molecule has 9 heteroatoms. The quantitative estimate of drug-likeness (QED) is 0.0197. The fourth-order valence-electron chi connectivity index (χ4n) is 5.75. The fourth-order valence-corrected chi connectivity index (χ4v) is 5.75. The summed E-state index contributed by atoms with van der Waals surface area (Å²) in [6.45, 7) is 4.44. The van der Waals surface area contributed by atoms with E-state index in [1.165, 1.54) is 0 Å². The third kappa shape index (κ3) is 44.1. The van der Waals surface area contributed by atoms with Gasteiger partial charge in [0.15, 0.2) is 12.4 Å². The maximum Gasteiger partial charge on any atom is 0.306 e. The molecule has 0 aliphatic heterocycles. The summed E-state index contributed by atoms with van der Waals surface area (Å²) >= 11 is 0. The maximum atomic E-state index is 12.8. The number of hydrogen-bond acceptors (Lipinski definition) is 8. The third-order valence-electron chi connectivity index (χ3n) is 9.33. The lowest BCUT2D eigenvalue weighted by Gasteiger charge is -2.26. The van der Waals surface area contributed by atoms with Crippen molar-refractivity contribution in [2.45, 2.75) is 167 Å². The molecule has 0 fully saturated rings. The monoisotopic (exact) mass is 852 g/mol. The van der Waals surface area contributed by atoms with E-state index in [0.717, 1.165) is 116 Å². The van der Waals surface area contributed by atoms with Gasteiger partial charge in [0.25, 0.3) is 0 Å². The number of carbonyl (C=O) groups is 3. The van der Waals surface area contributed by atoms with Gasteiger partial charge in [0, 0.05) is 12.8 Å². The molecule has 346 valence electrons. The first-order valence-electron chi connectivity index (χ1n) is 23.4. The zero-order valence-electron chi connectivity index (χ0n) is 39.0. The van der Waals surface area contributed by atoms with Crippen molar-refractivity contribution in [2.24, 2.45) is 0 Å². The predicted molar refractivity (Wildman–Crippen MR) is 250 cm³/mol. The van der Waals surface area contributed by atoms with E-state index in [9.17, 15) is 19.5 Å². The first-order valence-corrected chi connectivity index (χ1v) is 23.4. The molecule has 0 aromatic rings. The van der Waals surface area contributed by atoms with Gasteiger partial charge in [0.1, 0.15) is 13.2 Å². The minimum Gasteiger partial charge on any atom is -0.545 e. The lowest BCUT2D eigenvalue weighted by atomic mass is 10.1. The molecule has 0 aliphatic rings. The molecule has 0 bridgehead atoms. The SMILES string of the molecule is CC/C=C\C/C=C\C/C=C\C/C=C\CCCCCCCCC(=O)OC(COC(=O)CCCCCC/C=C\C/C=C\C/C=C\C/C=C\CC)COC(OCC[N+](C)(C)C)C(=O)[O-]. The normalized spacial score (nSPS) is 13.8. The van der Waals surface area contributed by atoms with Crippen LogP contribution in [0.25, 0.3) is 0 Å². The molecule has 9 nitrogen and oxygen atoms in total. The molecule has 2 unspecified atom stereocenters. The summed E-state index contributed by atoms with van der Waals surface area (Å²) in [5, 5.41) is 11.7. The molecule has 0 radical (unpaired) electrons. The topological polar surface area (TPSA) is 111 Å². The van der Waals surface area contributed by atoms with Gasteiger partial charge in [-0.25, -0.2) is 0 Å². The highest BCUT2D eigenvalue weighted by molar-refractivity contribution is 5.70. The number of unbranched alkanes of at least 4 members (excludes halogenated alkanes) is 10. The van der Waals surface area contributed by atoms with Gasteiger partial charge >= 0.3 is 11.9 Å². The molecule has 0 aromatic heterocycles. The van der Waals surface area contributed by atoms with Crippen molar-refractivity contribution in [3.8, 4) is 0 Å². The minimum absolute atomic E-state index is 0.134. The highest BCUT2D eigenvalue weighted by Crippen LogP contribution is 2.12. The van der Waals surface area contributed by atoms with Crippen molar-refractivity contribution in [1.82, 2.24) is 0 Å². The number of carbonyl (C=O) groups excluding carboxylic acids is 3. The molecule has 0 heterocycles. The average molecular weight is 852 g/mol. The summed E-state index contributed by atoms with van der Waals surface area (Å²) in [4.78, 5) is 37.1. The lowest BCUT2D eigenvalue weighted by molar-refractivity contribution is -0.870. The van der Waals surface area contributed by atoms with Crippen LogP contribution in [-0.4, -0.2) is 82.3 Å². The molecule has 0 aliphatic carbocycles. The van der Waals surface area contributed by atoms with Crippen LogP contribution in [0.3, 0.4) is 0 Å². The van der Waals surface area contributed by atoms with Crippen LogP contribution in [0, 0.1) is 0 Å². The number of quaternary nitrogens is 1. The first kappa shape index (κ1) is 57.2. The van der Waals surface area contributed by atoms with Crippen LogP contribution >= 0.6 is 0 Å². The number of esters is 2. The summed E-state index contributed by atoms with van der Waals surface area (Å²) in [6.07, 6.45) is 52.9. The minimum atomic E-state index is -1.64. The van der Waals surface area contributed by atoms with E-state index in [1.54, 1.807) is 0 Å². The molecule has 0 N–H and O–H groups in total. The highest BCUT2D eigenvalue weighted by atomic mass is 16.7. The van der Waals surface area contributed by atoms with Gasteiger partial charge < -0.3 is 33.3 Å². The average Bonchev–Trinajstić information content (AvgIpc) is 3.22. The summed E-state index contributed by atoms with van der Waals surface area (Å²) in [5.74, 6) is -2.35. The Kier molecular flexibility index (Phi) is 40.2. The number of carboxylic acids is 1. The molecule has 0 aromatic carbocycles. The molecule has 61 heavy (non-hydrogen) atoms. The Hall–Kier alpha value is -3.79. The Morgan fingerprint density at radius 3 is 1.31 bits per heavy atom. The van der Waals surface area contributed by atoms with Crippen LogP contribution in [0.1, 0.15) is 155 Å². The van der Waals surface area contributed by atoms with E-state index in [0.29, 0.717) is 23.9 Å². The van der Waals surface area contributed by atoms with Gasteiger partial charge in [-0.1, -0.05) is 150 Å². The fraction of sp³-hybridized carbons (Fsp3) is 0.635. The second-order valence-electron chi connectivity index (χ2n) is 16.3. The van der Waals surface area contributed by atoms with Crippen LogP contribution in [0.4, 0.5) is 0 Å². The number of allylic oxidation sites excluding steroid dienone is 16. The molecule has 0 saturated heterocycles. The molecule has 0 saturated carbocycles. The Labute approximate surface area is 372 Å². The molecule has 0 amide bonds. The zero-order valence-corrected chi connectivity index (χ0v) is 39.0. The molecular weight excluding hydrogens is 767 g/mol. The van der Waals surface area contributed by atoms with Crippen LogP contribution in [0.2, 0.25) is 0 Å². The first-order chi connectivity index (χ1) is 29.6. The van der Waals surface area contributed by atoms with E-state index < -0.39 is 30.3 Å². The number of nitrogens with zero attached hydrogens (tertiary/aromatic N) is 1. The van der Waals surface area contributed by atoms with Gasteiger partial charge in [-0.3, -0.25) is 9.59 Å². The van der Waals surface area contributed by atoms with E-state index >= 15 is 0 Å². The lowest BCUT2D eigenvalue weighted by Crippen LogP contribution is -2.44. The summed E-state index contributed by atoms with van der Waals surface area (Å²) in [6, 6.07) is 0. The van der Waals surface area contributed by atoms with Crippen LogP contribution in [-0.2, 0) is 33.3 Å². The van der Waals surface area contributed by atoms with Crippen LogP contribution in [0.5, 0.6) is 0 Å². The molecular formula is C52H85NO8. The maximum absolute atomic E-state index is 12.8. The second-order valence-corrected chi connectivity index (χ2v) is 16.3. The number of hydrogen-bond donors (Lipinski definition) is 0. The van der Waals surface area contributed by atoms with E-state index in [2.05, 4.69) is 111 Å². The van der Waals surface area contributed by atoms with Crippen molar-refractivity contribution in [3.63, 3.8) is 0 Å². The summed E-state index contributed by atoms with van der Waals surface area (Å²) in [7, 11) is 5.89. The number of ether oxygens (including phenoxy) is 4. The standard InChI is InChI=1S/C52H85NO8/c1-6-8-10-12-14-16-18-20-22-24-25-27-29-31-33-35-37-39-41-43-50(55)61-48(47-60-52(51(56)57)58-45-44-53(3,4)5)46-59-49(54)42-40-38-36-34-32-30-28-26-23-21-19-17-15-13-11-9-7-2/h8-11,14-17,20-23,25,27-28,30,48,52H,6-7,12-13,18-19,24,26,29,31-47H2,1-5H3/b10-8-,11-9-,16-14-,17-15-,22-20-,23-21-,27-25-,30-28-. The summed E-state index contributed by atoms with van der Waals surface area (Å²) in [5.41, 5.74) is 0. The van der Waals surface area contributed by atoms with Crippen molar-refractivity contribution in [3.05, 3.63) is 97.2 Å². The Balaban J connectivity index is 4.50. The van der Waals surface area contributed by atoms with E-state index in [-0.39, 0.29) is 32.7 Å². The van der Waals surface area contributed by atoms with Crippen molar-refractivity contribution < 1.29 is 42.9 Å². The number of aliphatic carboxylic acids is 1. The van der Waals surface area contributed by atoms with Crippen LogP contribution < -0.4 is 5.11 Å². The van der Waals surface area contributed by atoms with Crippen molar-refractivity contribution in [2.75, 3.05) is 47.5 Å². The van der Waals surface area contributed by atoms with Gasteiger partial charge in [-0.2, -0.15) is 0 Å². The number of rotatable bonds is 41. The Morgan fingerprint density at radius 2 is 0.885 bits per heavy atom. The zero-order chi connectivity index (χ0) is 44.9. The van der Waals surface area contributed by atoms with Crippen molar-refractivity contribution >= 4 is 17.9 Å². The smallest absolute Gasteiger partial charge is 0.306 e. The molecule has 0 rings (SSSR count).